The number of benzene rings is 3. The molecule has 3 rings (SSSR count). The SMILES string of the molecule is CC[C@H](C)NC(=O)[C@H](CC)N(Cc1ccc(Cl)c(Cl)c1)C(=O)CN(c1ccc(Oc2ccccc2)cc1)S(C)(=O)=O. The van der Waals surface area contributed by atoms with E-state index in [0.29, 0.717) is 33.5 Å². The van der Waals surface area contributed by atoms with E-state index in [1.807, 2.05) is 32.0 Å². The van der Waals surface area contributed by atoms with Gasteiger partial charge in [0.15, 0.2) is 0 Å². The van der Waals surface area contributed by atoms with Gasteiger partial charge >= 0.3 is 0 Å². The maximum absolute atomic E-state index is 13.9. The number of para-hydroxylation sites is 1. The predicted octanol–water partition coefficient (Wildman–Crippen LogP) is 6.27. The molecule has 8 nitrogen and oxygen atoms in total. The standard InChI is InChI=1S/C30H35Cl2N3O5S/c1-5-21(3)33-30(37)28(6-2)34(19-22-12-17-26(31)27(32)18-22)29(36)20-35(41(4,38)39)23-13-15-25(16-14-23)40-24-10-8-7-9-11-24/h7-18,21,28H,5-6,19-20H2,1-4H3,(H,33,37)/t21-,28-/m0/s1. The van der Waals surface area contributed by atoms with Crippen LogP contribution in [0.4, 0.5) is 5.69 Å². The summed E-state index contributed by atoms with van der Waals surface area (Å²) in [6, 6.07) is 19.6. The number of nitrogens with zero attached hydrogens (tertiary/aromatic N) is 2. The van der Waals surface area contributed by atoms with Crippen molar-refractivity contribution in [1.29, 1.82) is 0 Å². The third-order valence-electron chi connectivity index (χ3n) is 6.51. The van der Waals surface area contributed by atoms with E-state index in [4.69, 9.17) is 27.9 Å². The van der Waals surface area contributed by atoms with Crippen LogP contribution in [0.3, 0.4) is 0 Å². The minimum absolute atomic E-state index is 0.0314. The molecule has 2 amide bonds. The van der Waals surface area contributed by atoms with Crippen LogP contribution in [-0.2, 0) is 26.2 Å². The van der Waals surface area contributed by atoms with Gasteiger partial charge in [-0.05, 0) is 73.9 Å². The predicted molar refractivity (Wildman–Crippen MR) is 164 cm³/mol. The van der Waals surface area contributed by atoms with Crippen LogP contribution < -0.4 is 14.4 Å². The highest BCUT2D eigenvalue weighted by Gasteiger charge is 2.32. The Hall–Kier alpha value is -3.27. The smallest absolute Gasteiger partial charge is 0.244 e. The third-order valence-corrected chi connectivity index (χ3v) is 8.39. The summed E-state index contributed by atoms with van der Waals surface area (Å²) in [7, 11) is -3.87. The van der Waals surface area contributed by atoms with Gasteiger partial charge < -0.3 is 15.0 Å². The van der Waals surface area contributed by atoms with E-state index in [2.05, 4.69) is 5.32 Å². The number of nitrogens with one attached hydrogen (secondary N) is 1. The van der Waals surface area contributed by atoms with E-state index in [1.165, 1.54) is 4.90 Å². The Morgan fingerprint density at radius 3 is 2.10 bits per heavy atom. The average molecular weight is 621 g/mol. The van der Waals surface area contributed by atoms with Crippen molar-refractivity contribution in [1.82, 2.24) is 10.2 Å². The van der Waals surface area contributed by atoms with Crippen LogP contribution in [-0.4, -0.2) is 50.0 Å². The van der Waals surface area contributed by atoms with Gasteiger partial charge in [0.2, 0.25) is 21.8 Å². The number of sulfonamides is 1. The fourth-order valence-corrected chi connectivity index (χ4v) is 5.28. The normalized spacial score (nSPS) is 12.7. The Kier molecular flexibility index (Phi) is 11.5. The topological polar surface area (TPSA) is 96.0 Å². The van der Waals surface area contributed by atoms with Crippen molar-refractivity contribution in [3.8, 4) is 11.5 Å². The minimum atomic E-state index is -3.87. The molecule has 0 unspecified atom stereocenters. The number of hydrogen-bond acceptors (Lipinski definition) is 5. The molecule has 2 atom stereocenters. The lowest BCUT2D eigenvalue weighted by molar-refractivity contribution is -0.140. The maximum Gasteiger partial charge on any atom is 0.244 e. The van der Waals surface area contributed by atoms with E-state index in [0.717, 1.165) is 17.0 Å². The molecule has 0 aromatic heterocycles. The number of hydrogen-bond donors (Lipinski definition) is 1. The highest BCUT2D eigenvalue weighted by Crippen LogP contribution is 2.27. The Morgan fingerprint density at radius 1 is 0.902 bits per heavy atom. The molecule has 1 N–H and O–H groups in total. The van der Waals surface area contributed by atoms with Crippen molar-refractivity contribution in [2.24, 2.45) is 0 Å². The van der Waals surface area contributed by atoms with Crippen molar-refractivity contribution >= 4 is 50.7 Å². The summed E-state index contributed by atoms with van der Waals surface area (Å²) < 4.78 is 32.6. The van der Waals surface area contributed by atoms with Crippen molar-refractivity contribution < 1.29 is 22.7 Å². The van der Waals surface area contributed by atoms with Crippen LogP contribution in [0.2, 0.25) is 10.0 Å². The lowest BCUT2D eigenvalue weighted by atomic mass is 10.1. The first-order chi connectivity index (χ1) is 19.4. The summed E-state index contributed by atoms with van der Waals surface area (Å²) in [5.74, 6) is 0.282. The second-order valence-corrected chi connectivity index (χ2v) is 12.4. The molecule has 0 aliphatic carbocycles. The van der Waals surface area contributed by atoms with Gasteiger partial charge in [-0.3, -0.25) is 13.9 Å². The fourth-order valence-electron chi connectivity index (χ4n) is 4.11. The average Bonchev–Trinajstić information content (AvgIpc) is 2.93. The van der Waals surface area contributed by atoms with Crippen molar-refractivity contribution in [3.05, 3.63) is 88.4 Å². The first kappa shape index (κ1) is 32.2. The first-order valence-electron chi connectivity index (χ1n) is 13.3. The lowest BCUT2D eigenvalue weighted by Gasteiger charge is -2.33. The summed E-state index contributed by atoms with van der Waals surface area (Å²) in [6.07, 6.45) is 2.07. The fraction of sp³-hybridized carbons (Fsp3) is 0.333. The number of rotatable bonds is 13. The molecule has 0 aliphatic heterocycles. The van der Waals surface area contributed by atoms with Gasteiger partial charge in [-0.15, -0.1) is 0 Å². The molecule has 11 heteroatoms. The number of amides is 2. The molecule has 3 aromatic carbocycles. The van der Waals surface area contributed by atoms with Gasteiger partial charge in [-0.1, -0.05) is 61.3 Å². The van der Waals surface area contributed by atoms with Crippen molar-refractivity contribution in [3.63, 3.8) is 0 Å². The second-order valence-electron chi connectivity index (χ2n) is 9.69. The molecule has 0 saturated carbocycles. The summed E-state index contributed by atoms with van der Waals surface area (Å²) in [5, 5.41) is 3.61. The van der Waals surface area contributed by atoms with Crippen LogP contribution in [0.1, 0.15) is 39.2 Å². The van der Waals surface area contributed by atoms with Gasteiger partial charge in [0, 0.05) is 12.6 Å². The van der Waals surface area contributed by atoms with E-state index in [9.17, 15) is 18.0 Å². The molecule has 41 heavy (non-hydrogen) atoms. The number of carbonyl (C=O) groups is 2. The largest absolute Gasteiger partial charge is 0.457 e. The molecule has 220 valence electrons. The zero-order chi connectivity index (χ0) is 30.2. The minimum Gasteiger partial charge on any atom is -0.457 e. The molecular formula is C30H35Cl2N3O5S. The van der Waals surface area contributed by atoms with E-state index >= 15 is 0 Å². The quantitative estimate of drug-likeness (QED) is 0.243. The van der Waals surface area contributed by atoms with E-state index in [-0.39, 0.29) is 24.2 Å². The summed E-state index contributed by atoms with van der Waals surface area (Å²) >= 11 is 12.3. The van der Waals surface area contributed by atoms with Crippen molar-refractivity contribution in [2.75, 3.05) is 17.1 Å². The molecule has 0 heterocycles. The summed E-state index contributed by atoms with van der Waals surface area (Å²) in [5.41, 5.74) is 0.934. The van der Waals surface area contributed by atoms with Gasteiger partial charge in [-0.2, -0.15) is 0 Å². The molecule has 3 aromatic rings. The molecule has 0 aliphatic rings. The van der Waals surface area contributed by atoms with Gasteiger partial charge in [0.25, 0.3) is 0 Å². The molecule has 0 spiro atoms. The summed E-state index contributed by atoms with van der Waals surface area (Å²) in [6.45, 7) is 5.16. The van der Waals surface area contributed by atoms with Crippen LogP contribution >= 0.6 is 23.2 Å². The summed E-state index contributed by atoms with van der Waals surface area (Å²) in [4.78, 5) is 28.5. The Balaban J connectivity index is 1.91. The van der Waals surface area contributed by atoms with E-state index < -0.39 is 28.5 Å². The van der Waals surface area contributed by atoms with Crippen LogP contribution in [0, 0.1) is 0 Å². The molecule has 0 radical (unpaired) electrons. The van der Waals surface area contributed by atoms with E-state index in [1.54, 1.807) is 61.5 Å². The lowest BCUT2D eigenvalue weighted by Crippen LogP contribution is -2.53. The Labute approximate surface area is 252 Å². The zero-order valence-electron chi connectivity index (χ0n) is 23.5. The molecule has 0 saturated heterocycles. The van der Waals surface area contributed by atoms with Gasteiger partial charge in [-0.25, -0.2) is 8.42 Å². The first-order valence-corrected chi connectivity index (χ1v) is 15.9. The number of halogens is 2. The highest BCUT2D eigenvalue weighted by atomic mass is 35.5. The Bertz CT molecular complexity index is 1440. The second kappa shape index (κ2) is 14.6. The monoisotopic (exact) mass is 619 g/mol. The van der Waals surface area contributed by atoms with Crippen molar-refractivity contribution in [2.45, 2.75) is 52.2 Å². The molecule has 0 fully saturated rings. The highest BCUT2D eigenvalue weighted by molar-refractivity contribution is 7.92. The number of ether oxygens (including phenoxy) is 1. The van der Waals surface area contributed by atoms with Crippen LogP contribution in [0.5, 0.6) is 11.5 Å². The Morgan fingerprint density at radius 2 is 1.54 bits per heavy atom. The number of anilines is 1. The zero-order valence-corrected chi connectivity index (χ0v) is 25.8. The number of carbonyl (C=O) groups excluding carboxylic acids is 2. The van der Waals surface area contributed by atoms with Crippen LogP contribution in [0.15, 0.2) is 72.8 Å². The van der Waals surface area contributed by atoms with Gasteiger partial charge in [0.1, 0.15) is 24.1 Å². The van der Waals surface area contributed by atoms with Crippen LogP contribution in [0.25, 0.3) is 0 Å². The third kappa shape index (κ3) is 9.11. The molecule has 0 bridgehead atoms. The maximum atomic E-state index is 13.9. The van der Waals surface area contributed by atoms with Gasteiger partial charge in [0.05, 0.1) is 22.0 Å². The molecular weight excluding hydrogens is 585 g/mol.